The van der Waals surface area contributed by atoms with Crippen molar-refractivity contribution in [3.8, 4) is 6.07 Å². The number of allylic oxidation sites excluding steroid dienone is 4. The van der Waals surface area contributed by atoms with Gasteiger partial charge in [-0.1, -0.05) is 24.0 Å². The predicted octanol–water partition coefficient (Wildman–Crippen LogP) is 1.20. The Labute approximate surface area is 96.0 Å². The van der Waals surface area contributed by atoms with E-state index in [2.05, 4.69) is 21.9 Å². The molecule has 0 aliphatic heterocycles. The van der Waals surface area contributed by atoms with Crippen LogP contribution in [0.4, 0.5) is 0 Å². The Bertz CT molecular complexity index is 428. The van der Waals surface area contributed by atoms with Gasteiger partial charge in [-0.15, -0.1) is 5.11 Å². The van der Waals surface area contributed by atoms with Crippen LogP contribution in [0.5, 0.6) is 0 Å². The zero-order valence-corrected chi connectivity index (χ0v) is 9.52. The Hall–Kier alpha value is -2.07. The van der Waals surface area contributed by atoms with E-state index >= 15 is 0 Å². The van der Waals surface area contributed by atoms with Crippen LogP contribution in [-0.2, 0) is 10.8 Å². The minimum absolute atomic E-state index is 0.0535. The monoisotopic (exact) mass is 237 g/mol. The first kappa shape index (κ1) is 13.9. The van der Waals surface area contributed by atoms with Gasteiger partial charge in [-0.25, -0.2) is 4.99 Å². The van der Waals surface area contributed by atoms with Gasteiger partial charge in [0, 0.05) is 12.5 Å². The second-order valence-corrected chi connectivity index (χ2v) is 3.65. The third-order valence-electron chi connectivity index (χ3n) is 1.26. The van der Waals surface area contributed by atoms with Crippen molar-refractivity contribution in [2.24, 2.45) is 21.2 Å². The van der Waals surface area contributed by atoms with Gasteiger partial charge < -0.3 is 5.84 Å². The van der Waals surface area contributed by atoms with Crippen molar-refractivity contribution in [2.45, 2.75) is 0 Å². The summed E-state index contributed by atoms with van der Waals surface area (Å²) in [5.41, 5.74) is 0.273. The third kappa shape index (κ3) is 5.62. The molecule has 1 unspecified atom stereocenters. The highest BCUT2D eigenvalue weighted by atomic mass is 32.2. The van der Waals surface area contributed by atoms with Gasteiger partial charge in [0.2, 0.25) is 5.17 Å². The highest BCUT2D eigenvalue weighted by Crippen LogP contribution is 1.98. The van der Waals surface area contributed by atoms with E-state index in [4.69, 9.17) is 11.1 Å². The van der Waals surface area contributed by atoms with Gasteiger partial charge in [-0.3, -0.25) is 4.21 Å². The van der Waals surface area contributed by atoms with Crippen LogP contribution in [0.15, 0.2) is 51.9 Å². The first-order valence-corrected chi connectivity index (χ1v) is 5.63. The summed E-state index contributed by atoms with van der Waals surface area (Å²) in [6.07, 6.45) is 7.22. The average molecular weight is 237 g/mol. The number of amidine groups is 1. The fraction of sp³-hybridized carbons (Fsp3) is 0.111. The molecular weight excluding hydrogens is 226 g/mol. The number of hydrogen-bond acceptors (Lipinski definition) is 4. The minimum Gasteiger partial charge on any atom is -0.304 e. The number of aliphatic imine (C=N–C) groups is 1. The molecule has 0 aliphatic rings. The van der Waals surface area contributed by atoms with Crippen LogP contribution in [0.25, 0.3) is 0 Å². The zero-order chi connectivity index (χ0) is 12.4. The lowest BCUT2D eigenvalue weighted by molar-refractivity contribution is 0.692. The molecule has 0 fully saturated rings. The van der Waals surface area contributed by atoms with Crippen LogP contribution in [0.1, 0.15) is 0 Å². The summed E-state index contributed by atoms with van der Waals surface area (Å²) in [5.74, 6) is 4.82. The van der Waals surface area contributed by atoms with E-state index < -0.39 is 10.8 Å². The molecule has 0 saturated carbocycles. The maximum Gasteiger partial charge on any atom is 0.240 e. The lowest BCUT2D eigenvalue weighted by Gasteiger charge is -1.90. The Morgan fingerprint density at radius 1 is 1.62 bits per heavy atom. The Balaban J connectivity index is 5.05. The van der Waals surface area contributed by atoms with E-state index in [1.165, 1.54) is 24.6 Å². The Kier molecular flexibility index (Phi) is 7.19. The molecular formula is C9H11N5OS. The molecule has 1 atom stereocenters. The molecule has 0 radical (unpaired) electrons. The van der Waals surface area contributed by atoms with Gasteiger partial charge in [0.25, 0.3) is 0 Å². The topological polar surface area (TPSA) is 104 Å². The molecule has 0 aromatic rings. The van der Waals surface area contributed by atoms with Crippen molar-refractivity contribution in [3.63, 3.8) is 0 Å². The molecule has 0 spiro atoms. The van der Waals surface area contributed by atoms with Crippen LogP contribution in [0.3, 0.4) is 0 Å². The fourth-order valence-corrected chi connectivity index (χ4v) is 0.976. The first-order valence-electron chi connectivity index (χ1n) is 4.07. The van der Waals surface area contributed by atoms with Gasteiger partial charge in [0.15, 0.2) is 0 Å². The molecule has 6 nitrogen and oxygen atoms in total. The summed E-state index contributed by atoms with van der Waals surface area (Å²) in [5, 5.41) is 15.0. The summed E-state index contributed by atoms with van der Waals surface area (Å²) >= 11 is 0. The number of hydrogen-bond donors (Lipinski definition) is 1. The van der Waals surface area contributed by atoms with E-state index in [-0.39, 0.29) is 10.7 Å². The summed E-state index contributed by atoms with van der Waals surface area (Å²) in [6.45, 7) is 3.46. The molecule has 0 saturated heterocycles. The van der Waals surface area contributed by atoms with E-state index in [1.54, 1.807) is 6.08 Å². The minimum atomic E-state index is -1.42. The van der Waals surface area contributed by atoms with Crippen LogP contribution < -0.4 is 5.84 Å². The second kappa shape index (κ2) is 8.26. The fourth-order valence-electron chi connectivity index (χ4n) is 0.613. The van der Waals surface area contributed by atoms with E-state index in [9.17, 15) is 4.21 Å². The third-order valence-corrected chi connectivity index (χ3v) is 1.96. The van der Waals surface area contributed by atoms with Crippen molar-refractivity contribution in [3.05, 3.63) is 36.6 Å². The van der Waals surface area contributed by atoms with Gasteiger partial charge in [-0.2, -0.15) is 5.26 Å². The maximum atomic E-state index is 11.1. The molecule has 0 amide bonds. The normalized spacial score (nSPS) is 15.2. The first-order chi connectivity index (χ1) is 7.65. The molecule has 0 rings (SSSR count). The number of rotatable bonds is 3. The summed E-state index contributed by atoms with van der Waals surface area (Å²) < 4.78 is 11.1. The van der Waals surface area contributed by atoms with Crippen LogP contribution in [0, 0.1) is 11.3 Å². The largest absolute Gasteiger partial charge is 0.304 e. The van der Waals surface area contributed by atoms with Gasteiger partial charge in [0.1, 0.15) is 6.07 Å². The molecule has 84 valence electrons. The molecule has 0 aliphatic carbocycles. The molecule has 0 aromatic carbocycles. The summed E-state index contributed by atoms with van der Waals surface area (Å²) in [7, 11) is -1.42. The maximum absolute atomic E-state index is 11.1. The van der Waals surface area contributed by atoms with Crippen LogP contribution in [-0.4, -0.2) is 15.6 Å². The number of nitriles is 1. The number of nitrogens with zero attached hydrogens (tertiary/aromatic N) is 4. The van der Waals surface area contributed by atoms with Crippen molar-refractivity contribution >= 4 is 16.0 Å². The molecule has 16 heavy (non-hydrogen) atoms. The average Bonchev–Trinajstić information content (AvgIpc) is 2.27. The highest BCUT2D eigenvalue weighted by molar-refractivity contribution is 7.99. The molecule has 0 aromatic heterocycles. The van der Waals surface area contributed by atoms with Crippen molar-refractivity contribution in [2.75, 3.05) is 6.26 Å². The van der Waals surface area contributed by atoms with E-state index in [0.717, 1.165) is 0 Å². The van der Waals surface area contributed by atoms with Gasteiger partial charge >= 0.3 is 0 Å². The Morgan fingerprint density at radius 3 is 2.75 bits per heavy atom. The van der Waals surface area contributed by atoms with Crippen molar-refractivity contribution in [1.29, 1.82) is 5.26 Å². The van der Waals surface area contributed by atoms with E-state index in [1.807, 2.05) is 6.07 Å². The van der Waals surface area contributed by atoms with Crippen LogP contribution in [0.2, 0.25) is 0 Å². The smallest absolute Gasteiger partial charge is 0.240 e. The van der Waals surface area contributed by atoms with Gasteiger partial charge in [0.05, 0.1) is 16.4 Å². The molecule has 0 heterocycles. The van der Waals surface area contributed by atoms with Gasteiger partial charge in [-0.05, 0) is 6.08 Å². The lowest BCUT2D eigenvalue weighted by Crippen LogP contribution is -2.01. The molecule has 2 N–H and O–H groups in total. The molecule has 7 heteroatoms. The predicted molar refractivity (Wildman–Crippen MR) is 63.6 cm³/mol. The highest BCUT2D eigenvalue weighted by Gasteiger charge is 2.00. The summed E-state index contributed by atoms with van der Waals surface area (Å²) in [6, 6.07) is 1.89. The number of nitrogens with two attached hydrogens (primary N) is 1. The zero-order valence-electron chi connectivity index (χ0n) is 8.70. The summed E-state index contributed by atoms with van der Waals surface area (Å²) in [4.78, 5) is 3.74. The van der Waals surface area contributed by atoms with Crippen LogP contribution >= 0.6 is 0 Å². The SMILES string of the molecule is C=C/C=C\C(C#N)=C\N=C(N=NN)S(C)=O. The molecule has 0 bridgehead atoms. The van der Waals surface area contributed by atoms with Crippen molar-refractivity contribution in [1.82, 2.24) is 0 Å². The quantitative estimate of drug-likeness (QED) is 0.152. The second-order valence-electron chi connectivity index (χ2n) is 2.37. The standard InChI is InChI=1S/C9H11N5OS/c1-3-4-5-8(6-10)7-12-9(13-14-11)16(2)15/h3-5,7H,1H2,2H3,(H2,11,12,13)/b5-4-,8-7-. The lowest BCUT2D eigenvalue weighted by atomic mass is 10.3. The van der Waals surface area contributed by atoms with Crippen molar-refractivity contribution < 1.29 is 4.21 Å². The Morgan fingerprint density at radius 2 is 2.31 bits per heavy atom. The van der Waals surface area contributed by atoms with E-state index in [0.29, 0.717) is 0 Å².